The number of nitrogens with one attached hydrogen (secondary N) is 1. The van der Waals surface area contributed by atoms with Crippen LogP contribution in [-0.2, 0) is 0 Å². The van der Waals surface area contributed by atoms with Crippen molar-refractivity contribution in [3.8, 4) is 0 Å². The van der Waals surface area contributed by atoms with Gasteiger partial charge in [0.25, 0.3) is 0 Å². The lowest BCUT2D eigenvalue weighted by Gasteiger charge is -2.22. The minimum absolute atomic E-state index is 0.520. The fourth-order valence-corrected chi connectivity index (χ4v) is 1.76. The van der Waals surface area contributed by atoms with Crippen molar-refractivity contribution in [1.82, 2.24) is 5.43 Å². The first kappa shape index (κ1) is 11.2. The molecule has 2 heteroatoms. The van der Waals surface area contributed by atoms with Crippen LogP contribution in [0.2, 0.25) is 0 Å². The smallest absolute Gasteiger partial charge is 0.0169 e. The maximum absolute atomic E-state index is 5.41. The lowest BCUT2D eigenvalue weighted by molar-refractivity contribution is 0.424. The molecule has 0 bridgehead atoms. The molecule has 1 aromatic carbocycles. The average Bonchev–Trinajstić information content (AvgIpc) is 2.26. The second-order valence-electron chi connectivity index (χ2n) is 3.81. The molecule has 0 amide bonds. The summed E-state index contributed by atoms with van der Waals surface area (Å²) in [4.78, 5) is 0. The monoisotopic (exact) mass is 192 g/mol. The maximum Gasteiger partial charge on any atom is 0.0169 e. The highest BCUT2D eigenvalue weighted by molar-refractivity contribution is 5.20. The maximum atomic E-state index is 5.41. The molecule has 78 valence electrons. The van der Waals surface area contributed by atoms with Crippen LogP contribution in [0.15, 0.2) is 30.3 Å². The Balaban J connectivity index is 2.77. The van der Waals surface area contributed by atoms with Crippen LogP contribution in [0.1, 0.15) is 31.7 Å². The molecule has 1 aromatic rings. The van der Waals surface area contributed by atoms with E-state index in [4.69, 9.17) is 5.84 Å². The number of hydrogen-bond acceptors (Lipinski definition) is 2. The van der Waals surface area contributed by atoms with E-state index in [1.54, 1.807) is 0 Å². The summed E-state index contributed by atoms with van der Waals surface area (Å²) >= 11 is 0. The summed E-state index contributed by atoms with van der Waals surface area (Å²) in [6.45, 7) is 5.34. The Labute approximate surface area is 86.5 Å². The summed E-state index contributed by atoms with van der Waals surface area (Å²) in [7, 11) is 0. The fraction of sp³-hybridized carbons (Fsp3) is 0.500. The zero-order chi connectivity index (χ0) is 10.4. The van der Waals surface area contributed by atoms with Crippen molar-refractivity contribution >= 4 is 0 Å². The van der Waals surface area contributed by atoms with Gasteiger partial charge >= 0.3 is 0 Å². The van der Waals surface area contributed by atoms with E-state index < -0.39 is 0 Å². The van der Waals surface area contributed by atoms with Crippen molar-refractivity contribution < 1.29 is 0 Å². The first-order chi connectivity index (χ1) is 6.79. The molecule has 0 unspecified atom stereocenters. The van der Waals surface area contributed by atoms with E-state index in [1.165, 1.54) is 12.0 Å². The molecular formula is C12H20N2. The number of hydrazine groups is 1. The topological polar surface area (TPSA) is 38.0 Å². The van der Waals surface area contributed by atoms with E-state index in [0.717, 1.165) is 6.54 Å². The second-order valence-corrected chi connectivity index (χ2v) is 3.81. The molecule has 1 rings (SSSR count). The van der Waals surface area contributed by atoms with Crippen LogP contribution >= 0.6 is 0 Å². The Morgan fingerprint density at radius 1 is 1.29 bits per heavy atom. The Hall–Kier alpha value is -0.860. The fourth-order valence-electron chi connectivity index (χ4n) is 1.76. The third-order valence-corrected chi connectivity index (χ3v) is 2.90. The highest BCUT2D eigenvalue weighted by atomic mass is 15.2. The van der Waals surface area contributed by atoms with E-state index >= 15 is 0 Å². The standard InChI is InChI=1S/C12H20N2/c1-3-10(2)12(9-14-13)11-7-5-4-6-8-11/h4-8,10,12,14H,3,9,13H2,1-2H3/t10-,12+/m1/s1. The van der Waals surface area contributed by atoms with Crippen molar-refractivity contribution in [2.75, 3.05) is 6.54 Å². The third-order valence-electron chi connectivity index (χ3n) is 2.90. The molecule has 0 aliphatic heterocycles. The molecule has 2 atom stereocenters. The molecule has 3 N–H and O–H groups in total. The second kappa shape index (κ2) is 5.78. The van der Waals surface area contributed by atoms with Crippen molar-refractivity contribution in [3.05, 3.63) is 35.9 Å². The van der Waals surface area contributed by atoms with E-state index in [2.05, 4.69) is 43.5 Å². The van der Waals surface area contributed by atoms with Crippen LogP contribution in [0.4, 0.5) is 0 Å². The molecule has 0 aromatic heterocycles. The Kier molecular flexibility index (Phi) is 4.63. The van der Waals surface area contributed by atoms with Gasteiger partial charge in [-0.15, -0.1) is 0 Å². The largest absolute Gasteiger partial charge is 0.271 e. The predicted molar refractivity (Wildman–Crippen MR) is 60.8 cm³/mol. The van der Waals surface area contributed by atoms with E-state index in [9.17, 15) is 0 Å². The van der Waals surface area contributed by atoms with Gasteiger partial charge in [-0.1, -0.05) is 50.6 Å². The molecular weight excluding hydrogens is 172 g/mol. The van der Waals surface area contributed by atoms with E-state index in [-0.39, 0.29) is 0 Å². The molecule has 0 fully saturated rings. The zero-order valence-electron chi connectivity index (χ0n) is 9.03. The van der Waals surface area contributed by atoms with Gasteiger partial charge < -0.3 is 0 Å². The first-order valence-electron chi connectivity index (χ1n) is 5.28. The van der Waals surface area contributed by atoms with Gasteiger partial charge in [-0.25, -0.2) is 0 Å². The van der Waals surface area contributed by atoms with Crippen LogP contribution in [0.25, 0.3) is 0 Å². The summed E-state index contributed by atoms with van der Waals surface area (Å²) in [5.41, 5.74) is 4.16. The third kappa shape index (κ3) is 2.82. The predicted octanol–water partition coefficient (Wildman–Crippen LogP) is 2.28. The Morgan fingerprint density at radius 2 is 1.93 bits per heavy atom. The lowest BCUT2D eigenvalue weighted by Crippen LogP contribution is -2.30. The van der Waals surface area contributed by atoms with Gasteiger partial charge in [-0.05, 0) is 11.5 Å². The van der Waals surface area contributed by atoms with Crippen LogP contribution < -0.4 is 11.3 Å². The van der Waals surface area contributed by atoms with Gasteiger partial charge in [0.15, 0.2) is 0 Å². The number of nitrogens with two attached hydrogens (primary N) is 1. The Morgan fingerprint density at radius 3 is 2.43 bits per heavy atom. The molecule has 0 saturated heterocycles. The lowest BCUT2D eigenvalue weighted by atomic mass is 9.86. The number of hydrogen-bond donors (Lipinski definition) is 2. The Bertz CT molecular complexity index is 246. The van der Waals surface area contributed by atoms with Crippen LogP contribution in [-0.4, -0.2) is 6.54 Å². The zero-order valence-corrected chi connectivity index (χ0v) is 9.03. The van der Waals surface area contributed by atoms with Gasteiger partial charge in [0.05, 0.1) is 0 Å². The van der Waals surface area contributed by atoms with Crippen molar-refractivity contribution in [2.24, 2.45) is 11.8 Å². The highest BCUT2D eigenvalue weighted by Gasteiger charge is 2.16. The van der Waals surface area contributed by atoms with Gasteiger partial charge in [0.1, 0.15) is 0 Å². The van der Waals surface area contributed by atoms with Crippen LogP contribution in [0.5, 0.6) is 0 Å². The van der Waals surface area contributed by atoms with Crippen LogP contribution in [0, 0.1) is 5.92 Å². The van der Waals surface area contributed by atoms with Gasteiger partial charge in [-0.3, -0.25) is 11.3 Å². The average molecular weight is 192 g/mol. The van der Waals surface area contributed by atoms with Gasteiger partial charge in [0.2, 0.25) is 0 Å². The number of rotatable bonds is 5. The molecule has 0 saturated carbocycles. The molecule has 0 aliphatic rings. The summed E-state index contributed by atoms with van der Waals surface area (Å²) in [6, 6.07) is 10.6. The minimum Gasteiger partial charge on any atom is -0.271 e. The molecule has 0 heterocycles. The molecule has 0 radical (unpaired) electrons. The van der Waals surface area contributed by atoms with Crippen molar-refractivity contribution in [3.63, 3.8) is 0 Å². The first-order valence-corrected chi connectivity index (χ1v) is 5.28. The molecule has 0 spiro atoms. The molecule has 0 aliphatic carbocycles. The molecule has 14 heavy (non-hydrogen) atoms. The van der Waals surface area contributed by atoms with Crippen molar-refractivity contribution in [1.29, 1.82) is 0 Å². The summed E-state index contributed by atoms with van der Waals surface area (Å²) in [5, 5.41) is 0. The number of benzene rings is 1. The van der Waals surface area contributed by atoms with Gasteiger partial charge in [0, 0.05) is 12.5 Å². The quantitative estimate of drug-likeness (QED) is 0.555. The van der Waals surface area contributed by atoms with Gasteiger partial charge in [-0.2, -0.15) is 0 Å². The van der Waals surface area contributed by atoms with E-state index in [1.807, 2.05) is 6.07 Å². The normalized spacial score (nSPS) is 15.1. The summed E-state index contributed by atoms with van der Waals surface area (Å²) in [6.07, 6.45) is 1.18. The summed E-state index contributed by atoms with van der Waals surface area (Å²) < 4.78 is 0. The van der Waals surface area contributed by atoms with Crippen molar-refractivity contribution in [2.45, 2.75) is 26.2 Å². The SMILES string of the molecule is CC[C@@H](C)[C@H](CNN)c1ccccc1. The van der Waals surface area contributed by atoms with E-state index in [0.29, 0.717) is 11.8 Å². The highest BCUT2D eigenvalue weighted by Crippen LogP contribution is 2.25. The van der Waals surface area contributed by atoms with Crippen LogP contribution in [0.3, 0.4) is 0 Å². The minimum atomic E-state index is 0.520. The summed E-state index contributed by atoms with van der Waals surface area (Å²) in [5.74, 6) is 6.59. The molecule has 2 nitrogen and oxygen atoms in total.